The Labute approximate surface area is 153 Å². The van der Waals surface area contributed by atoms with E-state index in [4.69, 9.17) is 4.74 Å². The van der Waals surface area contributed by atoms with E-state index >= 15 is 0 Å². The molecule has 3 rings (SSSR count). The second-order valence-corrected chi connectivity index (χ2v) is 7.44. The maximum absolute atomic E-state index is 12.8. The summed E-state index contributed by atoms with van der Waals surface area (Å²) in [5.74, 6) is -0.00797. The molecule has 0 spiro atoms. The Morgan fingerprint density at radius 1 is 1.31 bits per heavy atom. The average Bonchev–Trinajstić information content (AvgIpc) is 2.65. The summed E-state index contributed by atoms with van der Waals surface area (Å²) in [4.78, 5) is 38.7. The zero-order chi connectivity index (χ0) is 18.8. The van der Waals surface area contributed by atoms with E-state index in [0.717, 1.165) is 18.5 Å². The average molecular weight is 361 g/mol. The molecule has 1 aromatic rings. The minimum atomic E-state index is -0.644. The van der Waals surface area contributed by atoms with Gasteiger partial charge in [-0.3, -0.25) is 4.79 Å². The van der Waals surface area contributed by atoms with E-state index in [-0.39, 0.29) is 29.3 Å². The minimum absolute atomic E-state index is 0.00464. The van der Waals surface area contributed by atoms with Gasteiger partial charge in [-0.15, -0.1) is 0 Å². The Morgan fingerprint density at radius 2 is 2.08 bits per heavy atom. The summed E-state index contributed by atoms with van der Waals surface area (Å²) in [5, 5.41) is 2.86. The smallest absolute Gasteiger partial charge is 0.328 e. The molecule has 1 saturated heterocycles. The van der Waals surface area contributed by atoms with Crippen molar-refractivity contribution < 1.29 is 14.3 Å². The van der Waals surface area contributed by atoms with E-state index in [9.17, 15) is 14.4 Å². The molecule has 4 atom stereocenters. The van der Waals surface area contributed by atoms with E-state index < -0.39 is 12.0 Å². The number of hydrogen-bond donors (Lipinski definition) is 1. The van der Waals surface area contributed by atoms with Gasteiger partial charge in [0.05, 0.1) is 7.11 Å². The largest absolute Gasteiger partial charge is 0.467 e. The quantitative estimate of drug-likeness (QED) is 0.826. The first-order valence-corrected chi connectivity index (χ1v) is 9.27. The highest BCUT2D eigenvalue weighted by Crippen LogP contribution is 2.34. The van der Waals surface area contributed by atoms with Crippen LogP contribution in [0.1, 0.15) is 38.3 Å². The molecule has 7 heteroatoms. The van der Waals surface area contributed by atoms with Crippen LogP contribution in [0.3, 0.4) is 0 Å². The van der Waals surface area contributed by atoms with Gasteiger partial charge in [0.25, 0.3) is 5.56 Å². The molecule has 1 aromatic heterocycles. The molecule has 0 saturated carbocycles. The van der Waals surface area contributed by atoms with Crippen molar-refractivity contribution >= 4 is 12.0 Å². The molecule has 7 nitrogen and oxygen atoms in total. The number of urea groups is 1. The molecule has 1 N–H and O–H groups in total. The number of ether oxygens (including phenoxy) is 1. The molecule has 26 heavy (non-hydrogen) atoms. The fourth-order valence-electron chi connectivity index (χ4n) is 4.08. The van der Waals surface area contributed by atoms with Gasteiger partial charge < -0.3 is 19.5 Å². The number of pyridine rings is 1. The zero-order valence-electron chi connectivity index (χ0n) is 15.6. The normalized spacial score (nSPS) is 23.6. The number of carbonyl (C=O) groups is 2. The number of methoxy groups -OCH3 is 1. The Hall–Kier alpha value is -2.31. The summed E-state index contributed by atoms with van der Waals surface area (Å²) < 4.78 is 6.69. The molecule has 0 radical (unpaired) electrons. The zero-order valence-corrected chi connectivity index (χ0v) is 15.6. The SMILES string of the molecule is CC[C@@H](C)[C@@H](NC(=O)N1C[C@H]2C[C@@H](C1)c1cccc(=O)n1C2)C(=O)OC. The van der Waals surface area contributed by atoms with Gasteiger partial charge in [0.15, 0.2) is 0 Å². The third-order valence-corrected chi connectivity index (χ3v) is 5.71. The van der Waals surface area contributed by atoms with Crippen LogP contribution in [0.25, 0.3) is 0 Å². The number of rotatable bonds is 4. The number of esters is 1. The second-order valence-electron chi connectivity index (χ2n) is 7.44. The van der Waals surface area contributed by atoms with Crippen molar-refractivity contribution in [1.29, 1.82) is 0 Å². The van der Waals surface area contributed by atoms with Crippen molar-refractivity contribution in [2.75, 3.05) is 20.2 Å². The van der Waals surface area contributed by atoms with Gasteiger partial charge in [-0.05, 0) is 24.3 Å². The molecule has 2 amide bonds. The van der Waals surface area contributed by atoms with Gasteiger partial charge >= 0.3 is 12.0 Å². The van der Waals surface area contributed by atoms with Gasteiger partial charge in [0.2, 0.25) is 0 Å². The first-order valence-electron chi connectivity index (χ1n) is 9.27. The number of carbonyl (C=O) groups excluding carboxylic acids is 2. The van der Waals surface area contributed by atoms with Crippen LogP contribution in [0.4, 0.5) is 4.79 Å². The van der Waals surface area contributed by atoms with E-state index in [2.05, 4.69) is 5.32 Å². The maximum Gasteiger partial charge on any atom is 0.328 e. The summed E-state index contributed by atoms with van der Waals surface area (Å²) >= 11 is 0. The molecule has 1 fully saturated rings. The molecule has 2 aliphatic rings. The molecular weight excluding hydrogens is 334 g/mol. The number of piperidine rings is 1. The first kappa shape index (κ1) is 18.5. The summed E-state index contributed by atoms with van der Waals surface area (Å²) in [5.41, 5.74) is 1.02. The Balaban J connectivity index is 1.74. The number of nitrogens with zero attached hydrogens (tertiary/aromatic N) is 2. The number of amides is 2. The Morgan fingerprint density at radius 3 is 2.77 bits per heavy atom. The number of likely N-dealkylation sites (tertiary alicyclic amines) is 1. The maximum atomic E-state index is 12.8. The molecule has 3 heterocycles. The predicted octanol–water partition coefficient (Wildman–Crippen LogP) is 1.56. The fourth-order valence-corrected chi connectivity index (χ4v) is 4.08. The predicted molar refractivity (Wildman–Crippen MR) is 96.9 cm³/mol. The Bertz CT molecular complexity index is 745. The van der Waals surface area contributed by atoms with Crippen LogP contribution in [0.5, 0.6) is 0 Å². The van der Waals surface area contributed by atoms with Gasteiger partial charge in [-0.1, -0.05) is 26.3 Å². The van der Waals surface area contributed by atoms with E-state index in [1.807, 2.05) is 24.5 Å². The van der Waals surface area contributed by atoms with Gasteiger partial charge in [-0.25, -0.2) is 9.59 Å². The highest BCUT2D eigenvalue weighted by molar-refractivity contribution is 5.84. The lowest BCUT2D eigenvalue weighted by Crippen LogP contribution is -2.55. The molecule has 2 bridgehead atoms. The number of nitrogens with one attached hydrogen (secondary N) is 1. The third kappa shape index (κ3) is 3.48. The highest BCUT2D eigenvalue weighted by atomic mass is 16.5. The lowest BCUT2D eigenvalue weighted by molar-refractivity contribution is -0.144. The van der Waals surface area contributed by atoms with Crippen LogP contribution in [-0.4, -0.2) is 47.7 Å². The van der Waals surface area contributed by atoms with Crippen LogP contribution in [-0.2, 0) is 16.1 Å². The van der Waals surface area contributed by atoms with Crippen LogP contribution >= 0.6 is 0 Å². The Kier molecular flexibility index (Phi) is 5.34. The highest BCUT2D eigenvalue weighted by Gasteiger charge is 2.37. The van der Waals surface area contributed by atoms with Crippen molar-refractivity contribution in [3.8, 4) is 0 Å². The second kappa shape index (κ2) is 7.51. The van der Waals surface area contributed by atoms with Crippen molar-refractivity contribution in [3.05, 3.63) is 34.2 Å². The summed E-state index contributed by atoms with van der Waals surface area (Å²) in [6.45, 7) is 5.70. The van der Waals surface area contributed by atoms with Crippen molar-refractivity contribution in [2.24, 2.45) is 11.8 Å². The molecule has 142 valence electrons. The van der Waals surface area contributed by atoms with Crippen LogP contribution in [0.2, 0.25) is 0 Å². The number of fused-ring (bicyclic) bond motifs is 4. The minimum Gasteiger partial charge on any atom is -0.467 e. The van der Waals surface area contributed by atoms with Gasteiger partial charge in [0.1, 0.15) is 6.04 Å². The monoisotopic (exact) mass is 361 g/mol. The number of aromatic nitrogens is 1. The molecule has 0 aliphatic carbocycles. The van der Waals surface area contributed by atoms with Crippen LogP contribution in [0.15, 0.2) is 23.0 Å². The lowest BCUT2D eigenvalue weighted by Gasteiger charge is -2.43. The topological polar surface area (TPSA) is 80.6 Å². The van der Waals surface area contributed by atoms with Crippen LogP contribution in [0, 0.1) is 11.8 Å². The van der Waals surface area contributed by atoms with Gasteiger partial charge in [-0.2, -0.15) is 0 Å². The van der Waals surface area contributed by atoms with Crippen molar-refractivity contribution in [3.63, 3.8) is 0 Å². The van der Waals surface area contributed by atoms with Crippen LogP contribution < -0.4 is 10.9 Å². The van der Waals surface area contributed by atoms with Crippen molar-refractivity contribution in [2.45, 2.75) is 45.2 Å². The lowest BCUT2D eigenvalue weighted by atomic mass is 9.83. The summed E-state index contributed by atoms with van der Waals surface area (Å²) in [7, 11) is 1.34. The number of hydrogen-bond acceptors (Lipinski definition) is 4. The van der Waals surface area contributed by atoms with Crippen molar-refractivity contribution in [1.82, 2.24) is 14.8 Å². The molecular formula is C19H27N3O4. The van der Waals surface area contributed by atoms with E-state index in [0.29, 0.717) is 19.6 Å². The van der Waals surface area contributed by atoms with E-state index in [1.54, 1.807) is 17.0 Å². The molecule has 0 unspecified atom stereocenters. The third-order valence-electron chi connectivity index (χ3n) is 5.71. The molecule has 2 aliphatic heterocycles. The fraction of sp³-hybridized carbons (Fsp3) is 0.632. The summed E-state index contributed by atoms with van der Waals surface area (Å²) in [6.07, 6.45) is 1.75. The first-order chi connectivity index (χ1) is 12.4. The van der Waals surface area contributed by atoms with E-state index in [1.165, 1.54) is 7.11 Å². The molecule has 0 aromatic carbocycles. The van der Waals surface area contributed by atoms with Gasteiger partial charge in [0, 0.05) is 37.3 Å². The standard InChI is InChI=1S/C19H27N3O4/c1-4-12(2)17(18(24)26-3)20-19(25)21-9-13-8-14(11-21)15-6-5-7-16(23)22(15)10-13/h5-7,12-14,17H,4,8-11H2,1-3H3,(H,20,25)/t12-,13-,14+,17-/m1/s1. The summed E-state index contributed by atoms with van der Waals surface area (Å²) in [6, 6.07) is 4.46.